The molecule has 0 unspecified atom stereocenters. The molecule has 1 aliphatic rings. The molecule has 0 saturated heterocycles. The molecule has 0 aliphatic carbocycles. The molecule has 0 spiro atoms. The summed E-state index contributed by atoms with van der Waals surface area (Å²) in [5.74, 6) is 2.30. The zero-order chi connectivity index (χ0) is 14.5. The lowest BCUT2D eigenvalue weighted by Gasteiger charge is -2.12. The molecule has 22 heavy (non-hydrogen) atoms. The maximum absolute atomic E-state index is 5.48. The fraction of sp³-hybridized carbons (Fsp3) is 0.267. The van der Waals surface area contributed by atoms with Gasteiger partial charge >= 0.3 is 0 Å². The molecule has 3 rings (SSSR count). The van der Waals surface area contributed by atoms with Crippen molar-refractivity contribution in [2.45, 2.75) is 13.1 Å². The molecule has 118 valence electrons. The van der Waals surface area contributed by atoms with Crippen molar-refractivity contribution in [1.29, 1.82) is 0 Å². The number of furan rings is 1. The highest BCUT2D eigenvalue weighted by molar-refractivity contribution is 14.0. The van der Waals surface area contributed by atoms with E-state index in [0.29, 0.717) is 19.0 Å². The summed E-state index contributed by atoms with van der Waals surface area (Å²) in [6.07, 6.45) is 3.35. The van der Waals surface area contributed by atoms with E-state index >= 15 is 0 Å². The van der Waals surface area contributed by atoms with Crippen LogP contribution in [-0.2, 0) is 13.1 Å². The van der Waals surface area contributed by atoms with Crippen LogP contribution in [0.3, 0.4) is 0 Å². The second-order valence-electron chi connectivity index (χ2n) is 4.56. The fourth-order valence-electron chi connectivity index (χ4n) is 2.11. The minimum absolute atomic E-state index is 0. The van der Waals surface area contributed by atoms with Crippen LogP contribution in [0.15, 0.2) is 46.2 Å². The number of rotatable bonds is 4. The second-order valence-corrected chi connectivity index (χ2v) is 4.56. The van der Waals surface area contributed by atoms with Crippen LogP contribution in [0.5, 0.6) is 11.5 Å². The van der Waals surface area contributed by atoms with Gasteiger partial charge < -0.3 is 24.5 Å². The lowest BCUT2D eigenvalue weighted by Crippen LogP contribution is -2.36. The number of hydrogen-bond acceptors (Lipinski definition) is 4. The van der Waals surface area contributed by atoms with Crippen molar-refractivity contribution in [3.8, 4) is 11.5 Å². The molecule has 1 aliphatic heterocycles. The molecule has 7 heteroatoms. The molecule has 2 aromatic rings. The highest BCUT2D eigenvalue weighted by atomic mass is 127. The smallest absolute Gasteiger partial charge is 0.231 e. The summed E-state index contributed by atoms with van der Waals surface area (Å²) in [4.78, 5) is 4.19. The SMILES string of the molecule is CN=C(NCc1ccoc1)NCc1cccc2c1OCO2.I. The summed E-state index contributed by atoms with van der Waals surface area (Å²) >= 11 is 0. The van der Waals surface area contributed by atoms with E-state index in [1.165, 1.54) is 0 Å². The standard InChI is InChI=1S/C15H17N3O3.HI/c1-16-15(17-7-11-5-6-19-9-11)18-8-12-3-2-4-13-14(12)21-10-20-13;/h2-6,9H,7-8,10H2,1H3,(H2,16,17,18);1H. The van der Waals surface area contributed by atoms with Gasteiger partial charge in [0.05, 0.1) is 12.5 Å². The Labute approximate surface area is 145 Å². The third kappa shape index (κ3) is 3.85. The van der Waals surface area contributed by atoms with Crippen LogP contribution in [0, 0.1) is 0 Å². The second kappa shape index (κ2) is 7.92. The summed E-state index contributed by atoms with van der Waals surface area (Å²) in [6, 6.07) is 7.77. The van der Waals surface area contributed by atoms with Gasteiger partial charge in [-0.05, 0) is 12.1 Å². The first-order chi connectivity index (χ1) is 10.4. The molecule has 6 nitrogen and oxygen atoms in total. The molecule has 2 heterocycles. The molecular formula is C15H18IN3O3. The van der Waals surface area contributed by atoms with Crippen molar-refractivity contribution in [3.05, 3.63) is 47.9 Å². The minimum atomic E-state index is 0. The summed E-state index contributed by atoms with van der Waals surface area (Å²) < 4.78 is 15.9. The van der Waals surface area contributed by atoms with Gasteiger partial charge in [-0.3, -0.25) is 4.99 Å². The largest absolute Gasteiger partial charge is 0.472 e. The summed E-state index contributed by atoms with van der Waals surface area (Å²) in [6.45, 7) is 1.54. The first-order valence-electron chi connectivity index (χ1n) is 6.70. The van der Waals surface area contributed by atoms with Gasteiger partial charge in [0.15, 0.2) is 17.5 Å². The van der Waals surface area contributed by atoms with Crippen molar-refractivity contribution in [2.75, 3.05) is 13.8 Å². The summed E-state index contributed by atoms with van der Waals surface area (Å²) in [7, 11) is 1.74. The van der Waals surface area contributed by atoms with Crippen molar-refractivity contribution < 1.29 is 13.9 Å². The molecule has 0 radical (unpaired) electrons. The number of fused-ring (bicyclic) bond motifs is 1. The topological polar surface area (TPSA) is 68.0 Å². The third-order valence-electron chi connectivity index (χ3n) is 3.19. The third-order valence-corrected chi connectivity index (χ3v) is 3.19. The zero-order valence-corrected chi connectivity index (χ0v) is 14.5. The Bertz CT molecular complexity index is 629. The average Bonchev–Trinajstić information content (AvgIpc) is 3.18. The normalized spacial score (nSPS) is 12.7. The van der Waals surface area contributed by atoms with E-state index in [0.717, 1.165) is 22.6 Å². The molecule has 0 fully saturated rings. The predicted molar refractivity (Wildman–Crippen MR) is 93.7 cm³/mol. The first-order valence-corrected chi connectivity index (χ1v) is 6.70. The van der Waals surface area contributed by atoms with Gasteiger partial charge in [0.2, 0.25) is 6.79 Å². The van der Waals surface area contributed by atoms with E-state index in [9.17, 15) is 0 Å². The molecule has 1 aromatic heterocycles. The fourth-order valence-corrected chi connectivity index (χ4v) is 2.11. The van der Waals surface area contributed by atoms with Gasteiger partial charge in [-0.1, -0.05) is 12.1 Å². The molecule has 1 aromatic carbocycles. The van der Waals surface area contributed by atoms with Crippen LogP contribution >= 0.6 is 24.0 Å². The van der Waals surface area contributed by atoms with Gasteiger partial charge in [-0.25, -0.2) is 0 Å². The number of nitrogens with one attached hydrogen (secondary N) is 2. The quantitative estimate of drug-likeness (QED) is 0.457. The Morgan fingerprint density at radius 3 is 2.82 bits per heavy atom. The monoisotopic (exact) mass is 415 g/mol. The lowest BCUT2D eigenvalue weighted by molar-refractivity contribution is 0.173. The summed E-state index contributed by atoms with van der Waals surface area (Å²) in [5, 5.41) is 6.47. The van der Waals surface area contributed by atoms with Gasteiger partial charge in [0.25, 0.3) is 0 Å². The Balaban J connectivity index is 0.00000176. The number of aliphatic imine (C=N–C) groups is 1. The Kier molecular flexibility index (Phi) is 5.93. The molecule has 0 saturated carbocycles. The van der Waals surface area contributed by atoms with Crippen LogP contribution in [0.25, 0.3) is 0 Å². The number of benzene rings is 1. The number of para-hydroxylation sites is 1. The van der Waals surface area contributed by atoms with Crippen LogP contribution < -0.4 is 20.1 Å². The van der Waals surface area contributed by atoms with E-state index in [4.69, 9.17) is 13.9 Å². The zero-order valence-electron chi connectivity index (χ0n) is 12.2. The molecule has 0 bridgehead atoms. The number of nitrogens with zero attached hydrogens (tertiary/aromatic N) is 1. The van der Waals surface area contributed by atoms with E-state index in [2.05, 4.69) is 15.6 Å². The van der Waals surface area contributed by atoms with Crippen molar-refractivity contribution in [1.82, 2.24) is 10.6 Å². The van der Waals surface area contributed by atoms with Crippen molar-refractivity contribution in [3.63, 3.8) is 0 Å². The van der Waals surface area contributed by atoms with Crippen molar-refractivity contribution in [2.24, 2.45) is 4.99 Å². The van der Waals surface area contributed by atoms with E-state index in [1.807, 2.05) is 24.3 Å². The molecular weight excluding hydrogens is 397 g/mol. The Morgan fingerprint density at radius 2 is 2.05 bits per heavy atom. The predicted octanol–water partition coefficient (Wildman–Crippen LogP) is 2.49. The molecule has 2 N–H and O–H groups in total. The van der Waals surface area contributed by atoms with Gasteiger partial charge in [-0.15, -0.1) is 24.0 Å². The Morgan fingerprint density at radius 1 is 1.18 bits per heavy atom. The van der Waals surface area contributed by atoms with Gasteiger partial charge in [0, 0.05) is 31.3 Å². The van der Waals surface area contributed by atoms with E-state index in [-0.39, 0.29) is 30.8 Å². The maximum atomic E-state index is 5.48. The Hall–Kier alpha value is -1.90. The van der Waals surface area contributed by atoms with E-state index < -0.39 is 0 Å². The lowest BCUT2D eigenvalue weighted by atomic mass is 10.2. The highest BCUT2D eigenvalue weighted by Gasteiger charge is 2.16. The summed E-state index contributed by atoms with van der Waals surface area (Å²) in [5.41, 5.74) is 2.10. The van der Waals surface area contributed by atoms with Gasteiger partial charge in [0.1, 0.15) is 0 Å². The van der Waals surface area contributed by atoms with Crippen LogP contribution in [0.4, 0.5) is 0 Å². The van der Waals surface area contributed by atoms with Crippen LogP contribution in [0.1, 0.15) is 11.1 Å². The molecule has 0 atom stereocenters. The van der Waals surface area contributed by atoms with E-state index in [1.54, 1.807) is 19.6 Å². The number of hydrogen-bond donors (Lipinski definition) is 2. The maximum Gasteiger partial charge on any atom is 0.231 e. The number of guanidine groups is 1. The first kappa shape index (κ1) is 16.5. The average molecular weight is 415 g/mol. The number of halogens is 1. The van der Waals surface area contributed by atoms with Crippen molar-refractivity contribution >= 4 is 29.9 Å². The molecule has 0 amide bonds. The minimum Gasteiger partial charge on any atom is -0.472 e. The van der Waals surface area contributed by atoms with Crippen LogP contribution in [-0.4, -0.2) is 19.8 Å². The number of ether oxygens (including phenoxy) is 2. The van der Waals surface area contributed by atoms with Crippen LogP contribution in [0.2, 0.25) is 0 Å². The van der Waals surface area contributed by atoms with Gasteiger partial charge in [-0.2, -0.15) is 0 Å². The highest BCUT2D eigenvalue weighted by Crippen LogP contribution is 2.35.